The van der Waals surface area contributed by atoms with Crippen molar-refractivity contribution < 1.29 is 14.3 Å². The summed E-state index contributed by atoms with van der Waals surface area (Å²) in [4.78, 5) is 12.1. The molecule has 0 bridgehead atoms. The van der Waals surface area contributed by atoms with Gasteiger partial charge in [-0.05, 0) is 37.8 Å². The maximum atomic E-state index is 12.1. The van der Waals surface area contributed by atoms with Gasteiger partial charge in [-0.2, -0.15) is 5.10 Å². The van der Waals surface area contributed by atoms with Gasteiger partial charge in [0, 0.05) is 5.71 Å². The Labute approximate surface area is 124 Å². The van der Waals surface area contributed by atoms with Crippen LogP contribution in [0.4, 0.5) is 0 Å². The largest absolute Gasteiger partial charge is 0.485 e. The highest BCUT2D eigenvalue weighted by molar-refractivity contribution is 5.87. The number of hydrogen-bond donors (Lipinski definition) is 1. The zero-order valence-electron chi connectivity index (χ0n) is 12.0. The average Bonchev–Trinajstić information content (AvgIpc) is 2.81. The molecule has 0 unspecified atom stereocenters. The number of nitrogens with zero attached hydrogens (tertiary/aromatic N) is 1. The van der Waals surface area contributed by atoms with E-state index in [2.05, 4.69) is 10.5 Å². The van der Waals surface area contributed by atoms with Crippen LogP contribution in [0.1, 0.15) is 38.5 Å². The summed E-state index contributed by atoms with van der Waals surface area (Å²) in [7, 11) is 0. The summed E-state index contributed by atoms with van der Waals surface area (Å²) in [5.74, 6) is 1.03. The Hall–Kier alpha value is -2.04. The molecule has 21 heavy (non-hydrogen) atoms. The number of carbonyl (C=O) groups excluding carboxylic acids is 1. The first-order valence-electron chi connectivity index (χ1n) is 7.57. The highest BCUT2D eigenvalue weighted by atomic mass is 16.6. The van der Waals surface area contributed by atoms with Crippen LogP contribution in [-0.2, 0) is 4.79 Å². The lowest BCUT2D eigenvalue weighted by Gasteiger charge is -2.24. The van der Waals surface area contributed by atoms with E-state index in [4.69, 9.17) is 9.47 Å². The van der Waals surface area contributed by atoms with E-state index in [1.54, 1.807) is 6.07 Å². The maximum Gasteiger partial charge on any atom is 0.284 e. The molecule has 5 heteroatoms. The molecule has 1 heterocycles. The number of benzene rings is 1. The first-order valence-corrected chi connectivity index (χ1v) is 7.57. The molecule has 3 rings (SSSR count). The fraction of sp³-hybridized carbons (Fsp3) is 0.500. The molecular formula is C16H20N2O3. The number of hydrazone groups is 1. The second-order valence-corrected chi connectivity index (χ2v) is 5.43. The second kappa shape index (κ2) is 6.61. The van der Waals surface area contributed by atoms with Crippen molar-refractivity contribution >= 4 is 11.6 Å². The van der Waals surface area contributed by atoms with Crippen molar-refractivity contribution in [3.05, 3.63) is 24.3 Å². The number of para-hydroxylation sites is 2. The van der Waals surface area contributed by atoms with Crippen molar-refractivity contribution in [3.63, 3.8) is 0 Å². The third-order valence-electron chi connectivity index (χ3n) is 3.81. The molecule has 1 aromatic rings. The number of carbonyl (C=O) groups is 1. The van der Waals surface area contributed by atoms with Crippen molar-refractivity contribution in [2.45, 2.75) is 44.6 Å². The van der Waals surface area contributed by atoms with Gasteiger partial charge in [0.25, 0.3) is 5.91 Å². The lowest BCUT2D eigenvalue weighted by Crippen LogP contribution is -2.42. The molecule has 1 N–H and O–H groups in total. The van der Waals surface area contributed by atoms with E-state index in [1.165, 1.54) is 12.8 Å². The molecule has 0 saturated heterocycles. The number of fused-ring (bicyclic) bond motifs is 1. The first kappa shape index (κ1) is 13.9. The molecule has 1 saturated carbocycles. The Balaban J connectivity index is 1.58. The van der Waals surface area contributed by atoms with Crippen LogP contribution in [0.15, 0.2) is 29.4 Å². The lowest BCUT2D eigenvalue weighted by molar-refractivity contribution is -0.130. The van der Waals surface area contributed by atoms with Crippen molar-refractivity contribution in [1.29, 1.82) is 0 Å². The molecule has 0 aromatic heterocycles. The van der Waals surface area contributed by atoms with Crippen LogP contribution in [-0.4, -0.2) is 24.3 Å². The smallest absolute Gasteiger partial charge is 0.284 e. The molecule has 5 nitrogen and oxygen atoms in total. The lowest BCUT2D eigenvalue weighted by atomic mass is 10.2. The van der Waals surface area contributed by atoms with Crippen LogP contribution < -0.4 is 14.9 Å². The zero-order chi connectivity index (χ0) is 14.5. The van der Waals surface area contributed by atoms with Crippen LogP contribution in [0.3, 0.4) is 0 Å². The van der Waals surface area contributed by atoms with Gasteiger partial charge in [-0.3, -0.25) is 4.79 Å². The van der Waals surface area contributed by atoms with Crippen molar-refractivity contribution in [3.8, 4) is 11.5 Å². The van der Waals surface area contributed by atoms with E-state index in [-0.39, 0.29) is 12.5 Å². The normalized spacial score (nSPS) is 21.3. The minimum Gasteiger partial charge on any atom is -0.485 e. The second-order valence-electron chi connectivity index (χ2n) is 5.43. The quantitative estimate of drug-likeness (QED) is 0.672. The fourth-order valence-corrected chi connectivity index (χ4v) is 2.60. The van der Waals surface area contributed by atoms with Crippen LogP contribution in [0.2, 0.25) is 0 Å². The van der Waals surface area contributed by atoms with Gasteiger partial charge in [0.05, 0.1) is 0 Å². The molecule has 0 radical (unpaired) electrons. The summed E-state index contributed by atoms with van der Waals surface area (Å²) in [5.41, 5.74) is 3.71. The Morgan fingerprint density at radius 2 is 1.81 bits per heavy atom. The average molecular weight is 288 g/mol. The third-order valence-corrected chi connectivity index (χ3v) is 3.81. The third kappa shape index (κ3) is 3.54. The van der Waals surface area contributed by atoms with Gasteiger partial charge in [-0.1, -0.05) is 25.0 Å². The number of nitrogens with one attached hydrogen (secondary N) is 1. The van der Waals surface area contributed by atoms with E-state index < -0.39 is 6.10 Å². The van der Waals surface area contributed by atoms with E-state index in [9.17, 15) is 4.79 Å². The van der Waals surface area contributed by atoms with Crippen LogP contribution >= 0.6 is 0 Å². The Morgan fingerprint density at radius 3 is 2.57 bits per heavy atom. The Morgan fingerprint density at radius 1 is 1.10 bits per heavy atom. The van der Waals surface area contributed by atoms with Gasteiger partial charge in [0.2, 0.25) is 6.10 Å². The van der Waals surface area contributed by atoms with E-state index in [0.717, 1.165) is 31.4 Å². The minimum atomic E-state index is -0.643. The number of ether oxygens (including phenoxy) is 2. The monoisotopic (exact) mass is 288 g/mol. The van der Waals surface area contributed by atoms with Gasteiger partial charge < -0.3 is 9.47 Å². The summed E-state index contributed by atoms with van der Waals surface area (Å²) in [6.07, 6.45) is 6.13. The SMILES string of the molecule is O=C(NN=C1CCCCCC1)[C@@H]1COc2ccccc2O1. The van der Waals surface area contributed by atoms with Crippen LogP contribution in [0, 0.1) is 0 Å². The minimum absolute atomic E-state index is 0.216. The summed E-state index contributed by atoms with van der Waals surface area (Å²) in [5, 5.41) is 4.26. The van der Waals surface area contributed by atoms with Crippen LogP contribution in [0.5, 0.6) is 11.5 Å². The van der Waals surface area contributed by atoms with Gasteiger partial charge in [-0.25, -0.2) is 5.43 Å². The maximum absolute atomic E-state index is 12.1. The predicted octanol–water partition coefficient (Wildman–Crippen LogP) is 2.65. The van der Waals surface area contributed by atoms with E-state index in [0.29, 0.717) is 11.5 Å². The topological polar surface area (TPSA) is 59.9 Å². The molecule has 112 valence electrons. The Kier molecular flexibility index (Phi) is 4.38. The molecule has 1 amide bonds. The molecule has 1 fully saturated rings. The molecule has 1 atom stereocenters. The molecule has 2 aliphatic rings. The summed E-state index contributed by atoms with van der Waals surface area (Å²) < 4.78 is 11.2. The zero-order valence-corrected chi connectivity index (χ0v) is 12.0. The molecule has 1 aromatic carbocycles. The van der Waals surface area contributed by atoms with Crippen molar-refractivity contribution in [2.75, 3.05) is 6.61 Å². The summed E-state index contributed by atoms with van der Waals surface area (Å²) >= 11 is 0. The Bertz CT molecular complexity index is 532. The molecular weight excluding hydrogens is 268 g/mol. The summed E-state index contributed by atoms with van der Waals surface area (Å²) in [6, 6.07) is 7.36. The number of amides is 1. The molecule has 1 aliphatic carbocycles. The van der Waals surface area contributed by atoms with E-state index in [1.807, 2.05) is 18.2 Å². The van der Waals surface area contributed by atoms with Crippen molar-refractivity contribution in [1.82, 2.24) is 5.43 Å². The standard InChI is InChI=1S/C16H20N2O3/c19-16(18-17-12-7-3-1-2-4-8-12)15-11-20-13-9-5-6-10-14(13)21-15/h5-6,9-10,15H,1-4,7-8,11H2,(H,18,19)/t15-/m0/s1. The first-order chi connectivity index (χ1) is 10.3. The van der Waals surface area contributed by atoms with Gasteiger partial charge in [0.15, 0.2) is 11.5 Å². The molecule has 0 spiro atoms. The van der Waals surface area contributed by atoms with Crippen molar-refractivity contribution in [2.24, 2.45) is 5.10 Å². The highest BCUT2D eigenvalue weighted by Crippen LogP contribution is 2.30. The van der Waals surface area contributed by atoms with Gasteiger partial charge >= 0.3 is 0 Å². The van der Waals surface area contributed by atoms with E-state index >= 15 is 0 Å². The number of rotatable bonds is 2. The molecule has 1 aliphatic heterocycles. The predicted molar refractivity (Wildman–Crippen MR) is 79.6 cm³/mol. The van der Waals surface area contributed by atoms with Crippen LogP contribution in [0.25, 0.3) is 0 Å². The van der Waals surface area contributed by atoms with Gasteiger partial charge in [-0.15, -0.1) is 0 Å². The summed E-state index contributed by atoms with van der Waals surface area (Å²) in [6.45, 7) is 0.216. The van der Waals surface area contributed by atoms with Gasteiger partial charge in [0.1, 0.15) is 6.61 Å². The highest BCUT2D eigenvalue weighted by Gasteiger charge is 2.27. The number of hydrogen-bond acceptors (Lipinski definition) is 4. The fourth-order valence-electron chi connectivity index (χ4n) is 2.60.